The van der Waals surface area contributed by atoms with Gasteiger partial charge in [0, 0.05) is 19.8 Å². The van der Waals surface area contributed by atoms with Gasteiger partial charge in [0.05, 0.1) is 13.2 Å². The lowest BCUT2D eigenvalue weighted by Crippen LogP contribution is -2.26. The number of carbonyl (C=O) groups is 1. The van der Waals surface area contributed by atoms with Crippen molar-refractivity contribution in [3.05, 3.63) is 29.8 Å². The van der Waals surface area contributed by atoms with Crippen molar-refractivity contribution in [2.75, 3.05) is 32.6 Å². The molecule has 4 nitrogen and oxygen atoms in total. The van der Waals surface area contributed by atoms with E-state index in [1.54, 1.807) is 14.2 Å². The third-order valence-corrected chi connectivity index (χ3v) is 2.31. The topological polar surface area (TPSA) is 50.4 Å². The van der Waals surface area contributed by atoms with Crippen LogP contribution in [0.2, 0.25) is 0 Å². The Kier molecular flexibility index (Phi) is 5.36. The van der Waals surface area contributed by atoms with Gasteiger partial charge >= 0.3 is 0 Å². The molecule has 0 bridgehead atoms. The summed E-state index contributed by atoms with van der Waals surface area (Å²) in [5.41, 5.74) is 2.15. The number of amides is 1. The van der Waals surface area contributed by atoms with Gasteiger partial charge in [0.1, 0.15) is 0 Å². The summed E-state index contributed by atoms with van der Waals surface area (Å²) in [6.07, 6.45) is 0.841. The first-order valence-corrected chi connectivity index (χ1v) is 5.29. The molecule has 0 aliphatic heterocycles. The SMILES string of the molecule is CNC(=O)CNc1ccccc1CCOC. The molecular weight excluding hydrogens is 204 g/mol. The second kappa shape index (κ2) is 6.85. The fourth-order valence-electron chi connectivity index (χ4n) is 1.39. The van der Waals surface area contributed by atoms with E-state index in [9.17, 15) is 4.79 Å². The van der Waals surface area contributed by atoms with Crippen LogP contribution in [0.1, 0.15) is 5.56 Å². The first-order valence-electron chi connectivity index (χ1n) is 5.29. The van der Waals surface area contributed by atoms with Gasteiger partial charge in [-0.25, -0.2) is 0 Å². The molecule has 0 unspecified atom stereocenters. The third-order valence-electron chi connectivity index (χ3n) is 2.31. The van der Waals surface area contributed by atoms with E-state index in [2.05, 4.69) is 10.6 Å². The van der Waals surface area contributed by atoms with Crippen molar-refractivity contribution in [2.45, 2.75) is 6.42 Å². The van der Waals surface area contributed by atoms with Crippen molar-refractivity contribution >= 4 is 11.6 Å². The molecule has 2 N–H and O–H groups in total. The molecule has 4 heteroatoms. The summed E-state index contributed by atoms with van der Waals surface area (Å²) in [5, 5.41) is 5.68. The molecule has 0 saturated heterocycles. The zero-order valence-electron chi connectivity index (χ0n) is 9.75. The Bertz CT molecular complexity index is 340. The van der Waals surface area contributed by atoms with Crippen LogP contribution < -0.4 is 10.6 Å². The average molecular weight is 222 g/mol. The maximum atomic E-state index is 11.1. The lowest BCUT2D eigenvalue weighted by molar-refractivity contribution is -0.118. The Hall–Kier alpha value is -1.55. The molecule has 1 aromatic carbocycles. The molecule has 0 heterocycles. The van der Waals surface area contributed by atoms with Gasteiger partial charge < -0.3 is 15.4 Å². The van der Waals surface area contributed by atoms with Gasteiger partial charge in [0.15, 0.2) is 0 Å². The lowest BCUT2D eigenvalue weighted by Gasteiger charge is -2.10. The molecule has 0 aliphatic carbocycles. The predicted molar refractivity (Wildman–Crippen MR) is 64.6 cm³/mol. The van der Waals surface area contributed by atoms with E-state index in [1.807, 2.05) is 24.3 Å². The summed E-state index contributed by atoms with van der Waals surface area (Å²) in [4.78, 5) is 11.1. The van der Waals surface area contributed by atoms with E-state index in [4.69, 9.17) is 4.74 Å². The molecule has 0 spiro atoms. The number of anilines is 1. The largest absolute Gasteiger partial charge is 0.384 e. The van der Waals surface area contributed by atoms with Crippen LogP contribution in [0.5, 0.6) is 0 Å². The number of benzene rings is 1. The van der Waals surface area contributed by atoms with Crippen LogP contribution in [0.25, 0.3) is 0 Å². The van der Waals surface area contributed by atoms with E-state index in [0.717, 1.165) is 17.7 Å². The highest BCUT2D eigenvalue weighted by Crippen LogP contribution is 2.15. The Morgan fingerprint density at radius 3 is 2.81 bits per heavy atom. The van der Waals surface area contributed by atoms with Crippen LogP contribution >= 0.6 is 0 Å². The Labute approximate surface area is 96.0 Å². The standard InChI is InChI=1S/C12H18N2O2/c1-13-12(15)9-14-11-6-4-3-5-10(11)7-8-16-2/h3-6,14H,7-9H2,1-2H3,(H,13,15). The fourth-order valence-corrected chi connectivity index (χ4v) is 1.39. The van der Waals surface area contributed by atoms with Gasteiger partial charge in [-0.2, -0.15) is 0 Å². The van der Waals surface area contributed by atoms with Crippen LogP contribution in [-0.2, 0) is 16.0 Å². The summed E-state index contributed by atoms with van der Waals surface area (Å²) in [5.74, 6) is -0.0263. The molecule has 1 amide bonds. The second-order valence-corrected chi connectivity index (χ2v) is 3.43. The van der Waals surface area contributed by atoms with Gasteiger partial charge in [-0.05, 0) is 18.1 Å². The van der Waals surface area contributed by atoms with Gasteiger partial charge in [0.2, 0.25) is 5.91 Å². The number of ether oxygens (including phenoxy) is 1. The molecule has 0 aliphatic rings. The normalized spacial score (nSPS) is 9.88. The van der Waals surface area contributed by atoms with Crippen molar-refractivity contribution in [2.24, 2.45) is 0 Å². The van der Waals surface area contributed by atoms with E-state index in [1.165, 1.54) is 0 Å². The van der Waals surface area contributed by atoms with Crippen molar-refractivity contribution in [3.63, 3.8) is 0 Å². The van der Waals surface area contributed by atoms with Crippen molar-refractivity contribution < 1.29 is 9.53 Å². The fraction of sp³-hybridized carbons (Fsp3) is 0.417. The summed E-state index contributed by atoms with van der Waals surface area (Å²) in [6.45, 7) is 0.971. The maximum absolute atomic E-state index is 11.1. The molecule has 16 heavy (non-hydrogen) atoms. The third kappa shape index (κ3) is 3.90. The van der Waals surface area contributed by atoms with Gasteiger partial charge in [0.25, 0.3) is 0 Å². The van der Waals surface area contributed by atoms with Crippen LogP contribution in [0, 0.1) is 0 Å². The monoisotopic (exact) mass is 222 g/mol. The molecule has 0 fully saturated rings. The molecule has 0 atom stereocenters. The summed E-state index contributed by atoms with van der Waals surface area (Å²) >= 11 is 0. The average Bonchev–Trinajstić information content (AvgIpc) is 2.34. The zero-order valence-corrected chi connectivity index (χ0v) is 9.75. The number of rotatable bonds is 6. The predicted octanol–water partition coefficient (Wildman–Crippen LogP) is 1.03. The minimum atomic E-state index is -0.0263. The molecule has 0 aromatic heterocycles. The van der Waals surface area contributed by atoms with Crippen LogP contribution in [0.15, 0.2) is 24.3 Å². The second-order valence-electron chi connectivity index (χ2n) is 3.43. The van der Waals surface area contributed by atoms with Crippen LogP contribution in [0.4, 0.5) is 5.69 Å². The van der Waals surface area contributed by atoms with E-state index in [0.29, 0.717) is 13.2 Å². The minimum absolute atomic E-state index is 0.0263. The number of para-hydroxylation sites is 1. The Morgan fingerprint density at radius 1 is 1.38 bits per heavy atom. The molecule has 0 saturated carbocycles. The van der Waals surface area contributed by atoms with Crippen LogP contribution in [-0.4, -0.2) is 33.2 Å². The first-order chi connectivity index (χ1) is 7.77. The Balaban J connectivity index is 2.59. The van der Waals surface area contributed by atoms with Gasteiger partial charge in [-0.1, -0.05) is 18.2 Å². The number of methoxy groups -OCH3 is 1. The van der Waals surface area contributed by atoms with Crippen LogP contribution in [0.3, 0.4) is 0 Å². The molecule has 0 radical (unpaired) electrons. The summed E-state index contributed by atoms with van der Waals surface area (Å²) in [6, 6.07) is 7.93. The number of carbonyl (C=O) groups excluding carboxylic acids is 1. The van der Waals surface area contributed by atoms with Gasteiger partial charge in [-0.15, -0.1) is 0 Å². The van der Waals surface area contributed by atoms with Crippen molar-refractivity contribution in [1.29, 1.82) is 0 Å². The zero-order chi connectivity index (χ0) is 11.8. The Morgan fingerprint density at radius 2 is 2.12 bits per heavy atom. The van der Waals surface area contributed by atoms with E-state index >= 15 is 0 Å². The molecule has 1 rings (SSSR count). The highest BCUT2D eigenvalue weighted by atomic mass is 16.5. The van der Waals surface area contributed by atoms with Crippen molar-refractivity contribution in [1.82, 2.24) is 5.32 Å². The molecular formula is C12H18N2O2. The smallest absolute Gasteiger partial charge is 0.239 e. The summed E-state index contributed by atoms with van der Waals surface area (Å²) < 4.78 is 5.04. The van der Waals surface area contributed by atoms with Crippen molar-refractivity contribution in [3.8, 4) is 0 Å². The first kappa shape index (κ1) is 12.5. The quantitative estimate of drug-likeness (QED) is 0.756. The van der Waals surface area contributed by atoms with E-state index in [-0.39, 0.29) is 5.91 Å². The molecule has 1 aromatic rings. The highest BCUT2D eigenvalue weighted by Gasteiger charge is 2.02. The van der Waals surface area contributed by atoms with E-state index < -0.39 is 0 Å². The number of hydrogen-bond donors (Lipinski definition) is 2. The lowest BCUT2D eigenvalue weighted by atomic mass is 10.1. The number of nitrogens with one attached hydrogen (secondary N) is 2. The van der Waals surface area contributed by atoms with Gasteiger partial charge in [-0.3, -0.25) is 4.79 Å². The summed E-state index contributed by atoms with van der Waals surface area (Å²) in [7, 11) is 3.31. The number of likely N-dealkylation sites (N-methyl/N-ethyl adjacent to an activating group) is 1. The molecule has 88 valence electrons. The maximum Gasteiger partial charge on any atom is 0.239 e. The minimum Gasteiger partial charge on any atom is -0.384 e. The number of hydrogen-bond acceptors (Lipinski definition) is 3. The highest BCUT2D eigenvalue weighted by molar-refractivity contribution is 5.80.